The van der Waals surface area contributed by atoms with Crippen molar-refractivity contribution in [3.05, 3.63) is 78.0 Å². The van der Waals surface area contributed by atoms with Crippen LogP contribution in [0.1, 0.15) is 25.0 Å². The van der Waals surface area contributed by atoms with E-state index in [2.05, 4.69) is 67.4 Å². The van der Waals surface area contributed by atoms with Gasteiger partial charge in [-0.1, -0.05) is 48.5 Å². The molecule has 0 spiro atoms. The van der Waals surface area contributed by atoms with Gasteiger partial charge in [0.25, 0.3) is 0 Å². The van der Waals surface area contributed by atoms with E-state index < -0.39 is 0 Å². The van der Waals surface area contributed by atoms with E-state index in [1.54, 1.807) is 0 Å². The quantitative estimate of drug-likeness (QED) is 0.617. The molecule has 0 unspecified atom stereocenters. The summed E-state index contributed by atoms with van der Waals surface area (Å²) in [7, 11) is 0. The van der Waals surface area contributed by atoms with E-state index in [0.717, 1.165) is 5.52 Å². The van der Waals surface area contributed by atoms with Crippen LogP contribution in [0.4, 0.5) is 0 Å². The summed E-state index contributed by atoms with van der Waals surface area (Å²) in [4.78, 5) is 4.43. The van der Waals surface area contributed by atoms with Crippen LogP contribution in [0.5, 0.6) is 0 Å². The maximum absolute atomic E-state index is 4.43. The fourth-order valence-corrected chi connectivity index (χ4v) is 2.53. The maximum atomic E-state index is 4.43. The van der Waals surface area contributed by atoms with Gasteiger partial charge in [-0.25, -0.2) is 0 Å². The zero-order valence-electron chi connectivity index (χ0n) is 11.8. The van der Waals surface area contributed by atoms with Crippen molar-refractivity contribution in [3.8, 4) is 0 Å². The lowest BCUT2D eigenvalue weighted by Crippen LogP contribution is -1.89. The topological polar surface area (TPSA) is 12.9 Å². The molecule has 1 aromatic heterocycles. The summed E-state index contributed by atoms with van der Waals surface area (Å²) in [5, 5.41) is 1.21. The fraction of sp³-hybridized carbons (Fsp3) is 0.105. The van der Waals surface area contributed by atoms with E-state index in [9.17, 15) is 0 Å². The standard InChI is InChI=1S/C19H17N/c1-14(16-8-4-3-5-9-16)15(2)17-12-13-20-19-11-7-6-10-18(17)19/h3-13H,1-2H3/b15-14-. The molecule has 0 aliphatic carbocycles. The summed E-state index contributed by atoms with van der Waals surface area (Å²) in [5.74, 6) is 0. The summed E-state index contributed by atoms with van der Waals surface area (Å²) in [6.45, 7) is 4.37. The van der Waals surface area contributed by atoms with Crippen molar-refractivity contribution < 1.29 is 0 Å². The van der Waals surface area contributed by atoms with Gasteiger partial charge >= 0.3 is 0 Å². The summed E-state index contributed by atoms with van der Waals surface area (Å²) < 4.78 is 0. The Kier molecular flexibility index (Phi) is 3.34. The van der Waals surface area contributed by atoms with Crippen molar-refractivity contribution in [2.24, 2.45) is 0 Å². The molecular formula is C19H17N. The molecule has 0 aliphatic heterocycles. The first-order valence-electron chi connectivity index (χ1n) is 6.84. The average Bonchev–Trinajstić information content (AvgIpc) is 2.54. The number of hydrogen-bond donors (Lipinski definition) is 0. The van der Waals surface area contributed by atoms with Gasteiger partial charge in [0, 0.05) is 11.6 Å². The molecule has 0 N–H and O–H groups in total. The number of rotatable bonds is 2. The number of benzene rings is 2. The molecule has 98 valence electrons. The van der Waals surface area contributed by atoms with Crippen LogP contribution >= 0.6 is 0 Å². The first kappa shape index (κ1) is 12.6. The Bertz CT molecular complexity index is 765. The van der Waals surface area contributed by atoms with E-state index in [4.69, 9.17) is 0 Å². The van der Waals surface area contributed by atoms with Crippen LogP contribution in [-0.4, -0.2) is 4.98 Å². The molecule has 0 radical (unpaired) electrons. The lowest BCUT2D eigenvalue weighted by atomic mass is 9.95. The number of nitrogens with zero attached hydrogens (tertiary/aromatic N) is 1. The molecule has 0 fully saturated rings. The van der Waals surface area contributed by atoms with Gasteiger partial charge in [-0.2, -0.15) is 0 Å². The SMILES string of the molecule is C/C(=C(\C)c1ccnc2ccccc12)c1ccccc1. The van der Waals surface area contributed by atoms with Crippen LogP contribution in [0.2, 0.25) is 0 Å². The summed E-state index contributed by atoms with van der Waals surface area (Å²) in [6, 6.07) is 20.9. The monoisotopic (exact) mass is 259 g/mol. The van der Waals surface area contributed by atoms with E-state index in [1.807, 2.05) is 18.3 Å². The molecule has 1 heterocycles. The molecule has 0 bridgehead atoms. The van der Waals surface area contributed by atoms with E-state index >= 15 is 0 Å². The number of pyridine rings is 1. The molecule has 0 saturated heterocycles. The molecule has 3 rings (SSSR count). The smallest absolute Gasteiger partial charge is 0.0708 e. The Morgan fingerprint density at radius 2 is 1.45 bits per heavy atom. The minimum absolute atomic E-state index is 1.05. The predicted octanol–water partition coefficient (Wildman–Crippen LogP) is 5.19. The van der Waals surface area contributed by atoms with Crippen molar-refractivity contribution in [1.29, 1.82) is 0 Å². The minimum atomic E-state index is 1.05. The first-order chi connectivity index (χ1) is 9.77. The Morgan fingerprint density at radius 3 is 2.25 bits per heavy atom. The highest BCUT2D eigenvalue weighted by atomic mass is 14.6. The molecule has 0 aliphatic rings. The van der Waals surface area contributed by atoms with E-state index in [-0.39, 0.29) is 0 Å². The van der Waals surface area contributed by atoms with Gasteiger partial charge < -0.3 is 0 Å². The Labute approximate surface area is 119 Å². The van der Waals surface area contributed by atoms with E-state index in [0.29, 0.717) is 0 Å². The predicted molar refractivity (Wildman–Crippen MR) is 86.3 cm³/mol. The Balaban J connectivity index is 2.20. The summed E-state index contributed by atoms with van der Waals surface area (Å²) in [5.41, 5.74) is 6.19. The zero-order valence-corrected chi connectivity index (χ0v) is 11.8. The lowest BCUT2D eigenvalue weighted by molar-refractivity contribution is 1.39. The first-order valence-corrected chi connectivity index (χ1v) is 6.84. The largest absolute Gasteiger partial charge is 0.256 e. The van der Waals surface area contributed by atoms with Crippen molar-refractivity contribution >= 4 is 22.0 Å². The highest BCUT2D eigenvalue weighted by Gasteiger charge is 2.07. The molecule has 0 saturated carbocycles. The number of fused-ring (bicyclic) bond motifs is 1. The molecule has 20 heavy (non-hydrogen) atoms. The molecule has 0 amide bonds. The van der Waals surface area contributed by atoms with Crippen molar-refractivity contribution in [3.63, 3.8) is 0 Å². The second-order valence-electron chi connectivity index (χ2n) is 4.99. The maximum Gasteiger partial charge on any atom is 0.0708 e. The second-order valence-corrected chi connectivity index (χ2v) is 4.99. The summed E-state index contributed by atoms with van der Waals surface area (Å²) >= 11 is 0. The number of hydrogen-bond acceptors (Lipinski definition) is 1. The van der Waals surface area contributed by atoms with Gasteiger partial charge in [-0.3, -0.25) is 4.98 Å². The van der Waals surface area contributed by atoms with Gasteiger partial charge in [0.05, 0.1) is 5.52 Å². The molecule has 1 nitrogen and oxygen atoms in total. The third-order valence-corrected chi connectivity index (χ3v) is 3.82. The highest BCUT2D eigenvalue weighted by Crippen LogP contribution is 2.29. The Morgan fingerprint density at radius 1 is 0.750 bits per heavy atom. The molecule has 3 aromatic rings. The molecule has 2 aromatic carbocycles. The third kappa shape index (κ3) is 2.23. The second kappa shape index (κ2) is 5.30. The van der Waals surface area contributed by atoms with Crippen LogP contribution in [0.3, 0.4) is 0 Å². The molecule has 0 atom stereocenters. The van der Waals surface area contributed by atoms with Crippen molar-refractivity contribution in [2.75, 3.05) is 0 Å². The van der Waals surface area contributed by atoms with Crippen LogP contribution < -0.4 is 0 Å². The minimum Gasteiger partial charge on any atom is -0.256 e. The van der Waals surface area contributed by atoms with E-state index in [1.165, 1.54) is 27.7 Å². The zero-order chi connectivity index (χ0) is 13.9. The summed E-state index contributed by atoms with van der Waals surface area (Å²) in [6.07, 6.45) is 1.89. The van der Waals surface area contributed by atoms with Gasteiger partial charge in [0.15, 0.2) is 0 Å². The van der Waals surface area contributed by atoms with Crippen LogP contribution in [-0.2, 0) is 0 Å². The van der Waals surface area contributed by atoms with Crippen molar-refractivity contribution in [2.45, 2.75) is 13.8 Å². The number of allylic oxidation sites excluding steroid dienone is 2. The van der Waals surface area contributed by atoms with Gasteiger partial charge in [0.1, 0.15) is 0 Å². The highest BCUT2D eigenvalue weighted by molar-refractivity contribution is 5.98. The molecule has 1 heteroatoms. The van der Waals surface area contributed by atoms with Gasteiger partial charge in [-0.05, 0) is 48.3 Å². The van der Waals surface area contributed by atoms with Crippen LogP contribution in [0, 0.1) is 0 Å². The van der Waals surface area contributed by atoms with Gasteiger partial charge in [-0.15, -0.1) is 0 Å². The molecular weight excluding hydrogens is 242 g/mol. The lowest BCUT2D eigenvalue weighted by Gasteiger charge is -2.11. The van der Waals surface area contributed by atoms with Crippen molar-refractivity contribution in [1.82, 2.24) is 4.98 Å². The third-order valence-electron chi connectivity index (χ3n) is 3.82. The van der Waals surface area contributed by atoms with Crippen LogP contribution in [0.15, 0.2) is 66.9 Å². The Hall–Kier alpha value is -2.41. The fourth-order valence-electron chi connectivity index (χ4n) is 2.53. The number of para-hydroxylation sites is 1. The average molecular weight is 259 g/mol. The number of aromatic nitrogens is 1. The van der Waals surface area contributed by atoms with Crippen LogP contribution in [0.25, 0.3) is 22.0 Å². The normalized spacial score (nSPS) is 12.3. The van der Waals surface area contributed by atoms with Gasteiger partial charge in [0.2, 0.25) is 0 Å².